The molecular weight excluding hydrogens is 368 g/mol. The zero-order valence-corrected chi connectivity index (χ0v) is 14.3. The molecule has 0 bridgehead atoms. The molecule has 0 radical (unpaired) electrons. The Labute approximate surface area is 152 Å². The zero-order chi connectivity index (χ0) is 17.8. The predicted octanol–water partition coefficient (Wildman–Crippen LogP) is 3.81. The standard InChI is InChI=1S/C16H12Cl2FN5O/c17-11-3-1-10(2-4-11)16-21-23-24(22-16)8-7-15(25)20-14-6-5-12(18)9-13(14)19/h1-6,9H,7-8H2,(H,20,25). The summed E-state index contributed by atoms with van der Waals surface area (Å²) in [5.41, 5.74) is 0.839. The molecule has 0 saturated heterocycles. The highest BCUT2D eigenvalue weighted by Crippen LogP contribution is 2.19. The molecular formula is C16H12Cl2FN5O. The number of halogens is 3. The summed E-state index contributed by atoms with van der Waals surface area (Å²) in [6.45, 7) is 0.210. The van der Waals surface area contributed by atoms with E-state index >= 15 is 0 Å². The molecule has 0 aliphatic rings. The first-order chi connectivity index (χ1) is 12.0. The molecule has 0 aliphatic heterocycles. The lowest BCUT2D eigenvalue weighted by molar-refractivity contribution is -0.116. The molecule has 1 N–H and O–H groups in total. The molecule has 3 aromatic rings. The summed E-state index contributed by atoms with van der Waals surface area (Å²) in [7, 11) is 0. The fourth-order valence-electron chi connectivity index (χ4n) is 2.06. The van der Waals surface area contributed by atoms with Crippen LogP contribution in [0, 0.1) is 5.82 Å². The Hall–Kier alpha value is -2.51. The van der Waals surface area contributed by atoms with Crippen molar-refractivity contribution in [2.45, 2.75) is 13.0 Å². The van der Waals surface area contributed by atoms with Gasteiger partial charge < -0.3 is 5.32 Å². The van der Waals surface area contributed by atoms with Crippen LogP contribution in [-0.2, 0) is 11.3 Å². The summed E-state index contributed by atoms with van der Waals surface area (Å²) in [5, 5.41) is 15.4. The second-order valence-electron chi connectivity index (χ2n) is 5.14. The maximum absolute atomic E-state index is 13.6. The summed E-state index contributed by atoms with van der Waals surface area (Å²) in [5.74, 6) is -0.530. The number of nitrogens with one attached hydrogen (secondary N) is 1. The second kappa shape index (κ2) is 7.58. The molecule has 9 heteroatoms. The topological polar surface area (TPSA) is 72.7 Å². The van der Waals surface area contributed by atoms with E-state index in [0.717, 1.165) is 11.6 Å². The van der Waals surface area contributed by atoms with Gasteiger partial charge in [0.15, 0.2) is 0 Å². The van der Waals surface area contributed by atoms with Crippen molar-refractivity contribution in [1.29, 1.82) is 0 Å². The van der Waals surface area contributed by atoms with Gasteiger partial charge in [-0.1, -0.05) is 23.2 Å². The van der Waals surface area contributed by atoms with E-state index in [0.29, 0.717) is 10.8 Å². The molecule has 0 atom stereocenters. The average Bonchev–Trinajstić information content (AvgIpc) is 3.05. The van der Waals surface area contributed by atoms with Crippen LogP contribution in [-0.4, -0.2) is 26.1 Å². The molecule has 128 valence electrons. The van der Waals surface area contributed by atoms with Crippen LogP contribution in [0.3, 0.4) is 0 Å². The summed E-state index contributed by atoms with van der Waals surface area (Å²) in [6.07, 6.45) is 0.0679. The lowest BCUT2D eigenvalue weighted by Crippen LogP contribution is -2.16. The van der Waals surface area contributed by atoms with Crippen LogP contribution in [0.4, 0.5) is 10.1 Å². The van der Waals surface area contributed by atoms with E-state index in [9.17, 15) is 9.18 Å². The first kappa shape index (κ1) is 17.3. The number of rotatable bonds is 5. The van der Waals surface area contributed by atoms with Crippen molar-refractivity contribution in [3.8, 4) is 11.4 Å². The lowest BCUT2D eigenvalue weighted by Gasteiger charge is -2.06. The normalized spacial score (nSPS) is 10.7. The number of nitrogens with zero attached hydrogens (tertiary/aromatic N) is 4. The molecule has 25 heavy (non-hydrogen) atoms. The Morgan fingerprint density at radius 2 is 1.84 bits per heavy atom. The summed E-state index contributed by atoms with van der Waals surface area (Å²) < 4.78 is 13.6. The van der Waals surface area contributed by atoms with Gasteiger partial charge in [0.05, 0.1) is 12.2 Å². The van der Waals surface area contributed by atoms with Gasteiger partial charge in [-0.2, -0.15) is 4.80 Å². The fraction of sp³-hybridized carbons (Fsp3) is 0.125. The number of aromatic nitrogens is 4. The highest BCUT2D eigenvalue weighted by Gasteiger charge is 2.10. The molecule has 1 aromatic heterocycles. The van der Waals surface area contributed by atoms with Gasteiger partial charge in [0.1, 0.15) is 5.82 Å². The maximum Gasteiger partial charge on any atom is 0.226 e. The molecule has 0 unspecified atom stereocenters. The Morgan fingerprint density at radius 1 is 1.12 bits per heavy atom. The van der Waals surface area contributed by atoms with Gasteiger partial charge in [-0.25, -0.2) is 4.39 Å². The maximum atomic E-state index is 13.6. The Kier molecular flexibility index (Phi) is 5.25. The van der Waals surface area contributed by atoms with E-state index in [-0.39, 0.29) is 29.6 Å². The number of aryl methyl sites for hydroxylation is 1. The number of tetrazole rings is 1. The van der Waals surface area contributed by atoms with Crippen molar-refractivity contribution in [2.75, 3.05) is 5.32 Å². The van der Waals surface area contributed by atoms with Crippen molar-refractivity contribution >= 4 is 34.8 Å². The van der Waals surface area contributed by atoms with Crippen LogP contribution in [0.15, 0.2) is 42.5 Å². The first-order valence-electron chi connectivity index (χ1n) is 7.30. The smallest absolute Gasteiger partial charge is 0.226 e. The first-order valence-corrected chi connectivity index (χ1v) is 8.05. The van der Waals surface area contributed by atoms with E-state index in [1.54, 1.807) is 24.3 Å². The molecule has 1 heterocycles. The zero-order valence-electron chi connectivity index (χ0n) is 12.8. The highest BCUT2D eigenvalue weighted by atomic mass is 35.5. The van der Waals surface area contributed by atoms with Gasteiger partial charge in [0.25, 0.3) is 0 Å². The number of hydrogen-bond donors (Lipinski definition) is 1. The van der Waals surface area contributed by atoms with Gasteiger partial charge in [-0.05, 0) is 47.7 Å². The van der Waals surface area contributed by atoms with Crippen LogP contribution in [0.25, 0.3) is 11.4 Å². The van der Waals surface area contributed by atoms with Gasteiger partial charge >= 0.3 is 0 Å². The third-order valence-electron chi connectivity index (χ3n) is 3.30. The Morgan fingerprint density at radius 3 is 2.56 bits per heavy atom. The molecule has 6 nitrogen and oxygen atoms in total. The van der Waals surface area contributed by atoms with Crippen LogP contribution < -0.4 is 5.32 Å². The van der Waals surface area contributed by atoms with Gasteiger partial charge in [-0.15, -0.1) is 10.2 Å². The minimum absolute atomic E-state index is 0.0679. The van der Waals surface area contributed by atoms with Crippen LogP contribution in [0.5, 0.6) is 0 Å². The molecule has 2 aromatic carbocycles. The van der Waals surface area contributed by atoms with Crippen molar-refractivity contribution < 1.29 is 9.18 Å². The minimum Gasteiger partial charge on any atom is -0.324 e. The van der Waals surface area contributed by atoms with Crippen LogP contribution >= 0.6 is 23.2 Å². The van der Waals surface area contributed by atoms with E-state index < -0.39 is 5.82 Å². The third kappa shape index (κ3) is 4.52. The SMILES string of the molecule is O=C(CCn1nnc(-c2ccc(Cl)cc2)n1)Nc1ccc(Cl)cc1F. The van der Waals surface area contributed by atoms with Crippen molar-refractivity contribution in [1.82, 2.24) is 20.2 Å². The number of carbonyl (C=O) groups excluding carboxylic acids is 1. The van der Waals surface area contributed by atoms with E-state index in [1.165, 1.54) is 16.9 Å². The molecule has 1 amide bonds. The molecule has 0 fully saturated rings. The molecule has 0 saturated carbocycles. The molecule has 3 rings (SSSR count). The van der Waals surface area contributed by atoms with Crippen LogP contribution in [0.2, 0.25) is 10.0 Å². The minimum atomic E-state index is -0.593. The number of hydrogen-bond acceptors (Lipinski definition) is 4. The van der Waals surface area contributed by atoms with Crippen LogP contribution in [0.1, 0.15) is 6.42 Å². The number of carbonyl (C=O) groups is 1. The largest absolute Gasteiger partial charge is 0.324 e. The number of anilines is 1. The van der Waals surface area contributed by atoms with E-state index in [2.05, 4.69) is 20.7 Å². The monoisotopic (exact) mass is 379 g/mol. The number of amides is 1. The average molecular weight is 380 g/mol. The predicted molar refractivity (Wildman–Crippen MR) is 92.9 cm³/mol. The van der Waals surface area contributed by atoms with Gasteiger partial charge in [0.2, 0.25) is 11.7 Å². The van der Waals surface area contributed by atoms with Crippen molar-refractivity contribution in [3.63, 3.8) is 0 Å². The number of benzene rings is 2. The fourth-order valence-corrected chi connectivity index (χ4v) is 2.34. The van der Waals surface area contributed by atoms with Gasteiger partial charge in [-0.3, -0.25) is 4.79 Å². The second-order valence-corrected chi connectivity index (χ2v) is 6.01. The molecule has 0 spiro atoms. The summed E-state index contributed by atoms with van der Waals surface area (Å²) in [4.78, 5) is 13.2. The highest BCUT2D eigenvalue weighted by molar-refractivity contribution is 6.30. The Balaban J connectivity index is 1.58. The lowest BCUT2D eigenvalue weighted by atomic mass is 10.2. The van der Waals surface area contributed by atoms with E-state index in [1.807, 2.05) is 0 Å². The van der Waals surface area contributed by atoms with Crippen molar-refractivity contribution in [2.24, 2.45) is 0 Å². The van der Waals surface area contributed by atoms with Crippen molar-refractivity contribution in [3.05, 3.63) is 58.3 Å². The molecule has 0 aliphatic carbocycles. The quantitative estimate of drug-likeness (QED) is 0.731. The summed E-state index contributed by atoms with van der Waals surface area (Å²) >= 11 is 11.5. The van der Waals surface area contributed by atoms with Gasteiger partial charge in [0, 0.05) is 22.0 Å². The third-order valence-corrected chi connectivity index (χ3v) is 3.79. The Bertz CT molecular complexity index is 898. The summed E-state index contributed by atoms with van der Waals surface area (Å²) in [6, 6.07) is 11.0. The van der Waals surface area contributed by atoms with E-state index in [4.69, 9.17) is 23.2 Å².